The molecule has 3 aliphatic heterocycles. The van der Waals surface area contributed by atoms with Crippen molar-refractivity contribution in [3.05, 3.63) is 69.6 Å². The summed E-state index contributed by atoms with van der Waals surface area (Å²) in [4.78, 5) is 20.3. The molecule has 0 aliphatic carbocycles. The third-order valence-electron chi connectivity index (χ3n) is 6.70. The zero-order chi connectivity index (χ0) is 24.8. The highest BCUT2D eigenvalue weighted by atomic mass is 35.5. The van der Waals surface area contributed by atoms with E-state index in [0.29, 0.717) is 40.5 Å². The van der Waals surface area contributed by atoms with Crippen LogP contribution in [0.15, 0.2) is 47.6 Å². The fraction of sp³-hybridized carbons (Fsp3) is 0.269. The lowest BCUT2D eigenvalue weighted by molar-refractivity contribution is 0.311. The molecule has 0 spiro atoms. The minimum Gasteiger partial charge on any atom is -0.367 e. The minimum atomic E-state index is -0.260. The van der Waals surface area contributed by atoms with E-state index in [1.807, 2.05) is 30.3 Å². The first kappa shape index (κ1) is 23.2. The normalized spacial score (nSPS) is 17.4. The van der Waals surface area contributed by atoms with Gasteiger partial charge >= 0.3 is 0 Å². The van der Waals surface area contributed by atoms with Gasteiger partial charge in [0.2, 0.25) is 5.95 Å². The lowest BCUT2D eigenvalue weighted by Crippen LogP contribution is -2.44. The highest BCUT2D eigenvalue weighted by Crippen LogP contribution is 2.38. The first-order chi connectivity index (χ1) is 17.5. The van der Waals surface area contributed by atoms with Crippen LogP contribution in [-0.2, 0) is 0 Å². The second-order valence-electron chi connectivity index (χ2n) is 9.09. The fourth-order valence-corrected chi connectivity index (χ4v) is 5.30. The molecule has 1 saturated heterocycles. The number of piperazine rings is 1. The summed E-state index contributed by atoms with van der Waals surface area (Å²) in [5.41, 5.74) is 3.85. The van der Waals surface area contributed by atoms with Crippen LogP contribution in [0.3, 0.4) is 0 Å². The molecule has 6 rings (SSSR count). The molecule has 0 unspecified atom stereocenters. The first-order valence-corrected chi connectivity index (χ1v) is 12.6. The van der Waals surface area contributed by atoms with Crippen molar-refractivity contribution >= 4 is 63.8 Å². The van der Waals surface area contributed by atoms with E-state index in [-0.39, 0.29) is 5.82 Å². The SMILES string of the molecule is CN1CCN(c2ccc(Nc3ncc4c(n3)N3CCN=C3C(c3ccc(Cl)cc3Cl)=C4)cc2F)CC1. The van der Waals surface area contributed by atoms with Gasteiger partial charge < -0.3 is 20.0 Å². The monoisotopic (exact) mass is 523 g/mol. The van der Waals surface area contributed by atoms with Crippen LogP contribution in [0.25, 0.3) is 11.6 Å². The Bertz CT molecular complexity index is 1400. The van der Waals surface area contributed by atoms with Crippen LogP contribution >= 0.6 is 23.2 Å². The van der Waals surface area contributed by atoms with Gasteiger partial charge in [0.1, 0.15) is 17.5 Å². The van der Waals surface area contributed by atoms with Gasteiger partial charge in [0, 0.05) is 66.3 Å². The molecule has 0 saturated carbocycles. The number of amidine groups is 1. The molecule has 0 radical (unpaired) electrons. The van der Waals surface area contributed by atoms with Crippen molar-refractivity contribution in [3.8, 4) is 0 Å². The third kappa shape index (κ3) is 4.30. The second-order valence-corrected chi connectivity index (χ2v) is 9.94. The van der Waals surface area contributed by atoms with E-state index in [9.17, 15) is 4.39 Å². The molecule has 184 valence electrons. The highest BCUT2D eigenvalue weighted by Gasteiger charge is 2.31. The average molecular weight is 524 g/mol. The van der Waals surface area contributed by atoms with E-state index in [0.717, 1.165) is 54.5 Å². The number of halogens is 3. The van der Waals surface area contributed by atoms with Gasteiger partial charge in [-0.1, -0.05) is 29.3 Å². The Morgan fingerprint density at radius 2 is 1.83 bits per heavy atom. The molecule has 4 heterocycles. The number of hydrogen-bond acceptors (Lipinski definition) is 7. The Morgan fingerprint density at radius 1 is 1.00 bits per heavy atom. The largest absolute Gasteiger partial charge is 0.367 e. The Morgan fingerprint density at radius 3 is 2.61 bits per heavy atom. The van der Waals surface area contributed by atoms with E-state index < -0.39 is 0 Å². The predicted octanol–water partition coefficient (Wildman–Crippen LogP) is 5.19. The molecular formula is C26H24Cl2FN7. The van der Waals surface area contributed by atoms with Gasteiger partial charge in [-0.3, -0.25) is 4.99 Å². The van der Waals surface area contributed by atoms with Crippen molar-refractivity contribution in [1.82, 2.24) is 14.9 Å². The number of nitrogens with one attached hydrogen (secondary N) is 1. The molecular weight excluding hydrogens is 500 g/mol. The molecule has 7 nitrogen and oxygen atoms in total. The first-order valence-electron chi connectivity index (χ1n) is 11.8. The van der Waals surface area contributed by atoms with Crippen molar-refractivity contribution in [2.45, 2.75) is 0 Å². The van der Waals surface area contributed by atoms with E-state index in [1.165, 1.54) is 6.07 Å². The molecule has 10 heteroatoms. The maximum absolute atomic E-state index is 15.0. The number of benzene rings is 2. The number of aliphatic imine (C=N–C) groups is 1. The van der Waals surface area contributed by atoms with Crippen LogP contribution in [0.2, 0.25) is 10.0 Å². The van der Waals surface area contributed by atoms with Gasteiger partial charge in [0.25, 0.3) is 0 Å². The topological polar surface area (TPSA) is 59.9 Å². The zero-order valence-electron chi connectivity index (χ0n) is 19.7. The third-order valence-corrected chi connectivity index (χ3v) is 7.25. The Balaban J connectivity index is 1.27. The fourth-order valence-electron chi connectivity index (χ4n) is 4.79. The summed E-state index contributed by atoms with van der Waals surface area (Å²) in [7, 11) is 2.08. The average Bonchev–Trinajstić information content (AvgIpc) is 3.35. The number of fused-ring (bicyclic) bond motifs is 3. The van der Waals surface area contributed by atoms with Gasteiger partial charge in [-0.2, -0.15) is 4.98 Å². The molecule has 0 amide bonds. The lowest BCUT2D eigenvalue weighted by Gasteiger charge is -2.34. The second kappa shape index (κ2) is 9.35. The summed E-state index contributed by atoms with van der Waals surface area (Å²) < 4.78 is 15.0. The molecule has 2 aromatic carbocycles. The summed E-state index contributed by atoms with van der Waals surface area (Å²) >= 11 is 12.6. The molecule has 1 fully saturated rings. The predicted molar refractivity (Wildman–Crippen MR) is 145 cm³/mol. The summed E-state index contributed by atoms with van der Waals surface area (Å²) in [5.74, 6) is 1.71. The molecule has 1 aromatic heterocycles. The van der Waals surface area contributed by atoms with E-state index in [4.69, 9.17) is 33.2 Å². The molecule has 36 heavy (non-hydrogen) atoms. The molecule has 0 bridgehead atoms. The number of likely N-dealkylation sites (N-methyl/N-ethyl adjacent to an activating group) is 1. The van der Waals surface area contributed by atoms with Crippen molar-refractivity contribution in [2.75, 3.05) is 61.4 Å². The van der Waals surface area contributed by atoms with Crippen LogP contribution < -0.4 is 15.1 Å². The van der Waals surface area contributed by atoms with Crippen LogP contribution in [0.5, 0.6) is 0 Å². The number of anilines is 4. The maximum atomic E-state index is 15.0. The lowest BCUT2D eigenvalue weighted by atomic mass is 9.98. The minimum absolute atomic E-state index is 0.260. The number of nitrogens with zero attached hydrogens (tertiary/aromatic N) is 6. The van der Waals surface area contributed by atoms with Crippen molar-refractivity contribution < 1.29 is 4.39 Å². The summed E-state index contributed by atoms with van der Waals surface area (Å²) in [6.07, 6.45) is 3.76. The van der Waals surface area contributed by atoms with Gasteiger partial charge in [-0.15, -0.1) is 0 Å². The van der Waals surface area contributed by atoms with Gasteiger partial charge in [0.05, 0.1) is 17.3 Å². The Hall–Kier alpha value is -3.20. The molecule has 3 aromatic rings. The van der Waals surface area contributed by atoms with Gasteiger partial charge in [-0.25, -0.2) is 9.37 Å². The van der Waals surface area contributed by atoms with Crippen LogP contribution in [0, 0.1) is 5.82 Å². The number of rotatable bonds is 4. The Labute approximate surface area is 218 Å². The van der Waals surface area contributed by atoms with E-state index in [1.54, 1.807) is 12.3 Å². The smallest absolute Gasteiger partial charge is 0.229 e. The summed E-state index contributed by atoms with van der Waals surface area (Å²) in [5, 5.41) is 4.30. The van der Waals surface area contributed by atoms with E-state index in [2.05, 4.69) is 32.0 Å². The van der Waals surface area contributed by atoms with Crippen LogP contribution in [0.1, 0.15) is 11.1 Å². The Kier molecular flexibility index (Phi) is 6.03. The highest BCUT2D eigenvalue weighted by molar-refractivity contribution is 6.41. The molecule has 1 N–H and O–H groups in total. The quantitative estimate of drug-likeness (QED) is 0.507. The van der Waals surface area contributed by atoms with Crippen molar-refractivity contribution in [2.24, 2.45) is 4.99 Å². The summed E-state index contributed by atoms with van der Waals surface area (Å²) in [6, 6.07) is 10.6. The van der Waals surface area contributed by atoms with Crippen molar-refractivity contribution in [3.63, 3.8) is 0 Å². The number of aromatic nitrogens is 2. The maximum Gasteiger partial charge on any atom is 0.229 e. The van der Waals surface area contributed by atoms with Crippen LogP contribution in [-0.4, -0.2) is 67.0 Å². The van der Waals surface area contributed by atoms with Crippen molar-refractivity contribution in [1.29, 1.82) is 0 Å². The standard InChI is InChI=1S/C26H24Cl2FN7/c1-34-8-10-35(11-9-34)23-5-3-18(14-22(23)29)32-26-31-15-16-12-20(19-4-2-17(27)13-21(19)28)25-30-6-7-36(25)24(16)33-26/h2-5,12-15H,6-11H2,1H3,(H,31,32,33). The molecule has 3 aliphatic rings. The number of hydrogen-bond donors (Lipinski definition) is 1. The van der Waals surface area contributed by atoms with Crippen LogP contribution in [0.4, 0.5) is 27.5 Å². The van der Waals surface area contributed by atoms with E-state index >= 15 is 0 Å². The van der Waals surface area contributed by atoms with Gasteiger partial charge in [0.15, 0.2) is 0 Å². The van der Waals surface area contributed by atoms with Gasteiger partial charge in [-0.05, 0) is 43.5 Å². The molecule has 0 atom stereocenters. The zero-order valence-corrected chi connectivity index (χ0v) is 21.2. The summed E-state index contributed by atoms with van der Waals surface area (Å²) in [6.45, 7) is 4.82.